The van der Waals surface area contributed by atoms with Crippen molar-refractivity contribution in [3.8, 4) is 11.5 Å². The van der Waals surface area contributed by atoms with Crippen molar-refractivity contribution in [2.24, 2.45) is 5.92 Å². The lowest BCUT2D eigenvalue weighted by Gasteiger charge is -2.25. The Bertz CT molecular complexity index is 398. The number of rotatable bonds is 3. The lowest BCUT2D eigenvalue weighted by molar-refractivity contribution is 0.127. The van der Waals surface area contributed by atoms with Crippen LogP contribution >= 0.6 is 0 Å². The highest BCUT2D eigenvalue weighted by molar-refractivity contribution is 5.61. The van der Waals surface area contributed by atoms with Crippen LogP contribution in [-0.4, -0.2) is 24.9 Å². The molecule has 0 bridgehead atoms. The topological polar surface area (TPSA) is 38.7 Å². The second kappa shape index (κ2) is 4.58. The molecule has 0 spiro atoms. The standard InChI is InChI=1S/C13H16O3/c1-9(8-14)12-6-4-10-3-5-11(15-2)7-13(10)16-12/h3-7,9,12,14H,8H2,1-2H3/t9-,12+/m0/s1. The minimum Gasteiger partial charge on any atom is -0.497 e. The van der Waals surface area contributed by atoms with E-state index in [1.807, 2.05) is 37.3 Å². The van der Waals surface area contributed by atoms with Crippen molar-refractivity contribution < 1.29 is 14.6 Å². The Labute approximate surface area is 95.3 Å². The molecule has 1 heterocycles. The molecule has 0 aliphatic carbocycles. The van der Waals surface area contributed by atoms with E-state index in [4.69, 9.17) is 14.6 Å². The van der Waals surface area contributed by atoms with Crippen LogP contribution < -0.4 is 9.47 Å². The van der Waals surface area contributed by atoms with Gasteiger partial charge in [0.1, 0.15) is 17.6 Å². The van der Waals surface area contributed by atoms with Crippen LogP contribution in [0.3, 0.4) is 0 Å². The Morgan fingerprint density at radius 1 is 1.50 bits per heavy atom. The molecule has 0 radical (unpaired) electrons. The molecule has 0 amide bonds. The van der Waals surface area contributed by atoms with E-state index in [1.54, 1.807) is 7.11 Å². The average molecular weight is 220 g/mol. The summed E-state index contributed by atoms with van der Waals surface area (Å²) >= 11 is 0. The van der Waals surface area contributed by atoms with E-state index < -0.39 is 0 Å². The summed E-state index contributed by atoms with van der Waals surface area (Å²) in [5.41, 5.74) is 1.04. The third-order valence-corrected chi connectivity index (χ3v) is 2.80. The number of hydrogen-bond acceptors (Lipinski definition) is 3. The van der Waals surface area contributed by atoms with Gasteiger partial charge in [0.2, 0.25) is 0 Å². The fourth-order valence-corrected chi connectivity index (χ4v) is 1.68. The molecule has 0 saturated heterocycles. The first-order chi connectivity index (χ1) is 7.74. The average Bonchev–Trinajstić information content (AvgIpc) is 2.36. The largest absolute Gasteiger partial charge is 0.497 e. The predicted molar refractivity (Wildman–Crippen MR) is 62.7 cm³/mol. The van der Waals surface area contributed by atoms with Gasteiger partial charge in [-0.3, -0.25) is 0 Å². The molecule has 0 aromatic heterocycles. The van der Waals surface area contributed by atoms with Crippen molar-refractivity contribution in [1.29, 1.82) is 0 Å². The summed E-state index contributed by atoms with van der Waals surface area (Å²) in [7, 11) is 1.63. The molecule has 0 saturated carbocycles. The normalized spacial score (nSPS) is 19.8. The Morgan fingerprint density at radius 3 is 3.00 bits per heavy atom. The van der Waals surface area contributed by atoms with Gasteiger partial charge in [-0.05, 0) is 18.2 Å². The zero-order valence-electron chi connectivity index (χ0n) is 9.51. The maximum Gasteiger partial charge on any atom is 0.131 e. The van der Waals surface area contributed by atoms with E-state index in [0.29, 0.717) is 0 Å². The van der Waals surface area contributed by atoms with E-state index >= 15 is 0 Å². The first-order valence-corrected chi connectivity index (χ1v) is 5.38. The van der Waals surface area contributed by atoms with Crippen LogP contribution in [0.15, 0.2) is 24.3 Å². The highest BCUT2D eigenvalue weighted by Crippen LogP contribution is 2.31. The highest BCUT2D eigenvalue weighted by Gasteiger charge is 2.20. The van der Waals surface area contributed by atoms with Crippen LogP contribution in [0.5, 0.6) is 11.5 Å². The van der Waals surface area contributed by atoms with E-state index in [2.05, 4.69) is 0 Å². The minimum atomic E-state index is -0.0652. The van der Waals surface area contributed by atoms with Gasteiger partial charge in [-0.1, -0.05) is 13.0 Å². The molecule has 2 atom stereocenters. The van der Waals surface area contributed by atoms with Crippen molar-refractivity contribution in [1.82, 2.24) is 0 Å². The van der Waals surface area contributed by atoms with Gasteiger partial charge in [0, 0.05) is 24.2 Å². The van der Waals surface area contributed by atoms with Gasteiger partial charge < -0.3 is 14.6 Å². The maximum absolute atomic E-state index is 9.10. The highest BCUT2D eigenvalue weighted by atomic mass is 16.5. The van der Waals surface area contributed by atoms with Crippen molar-refractivity contribution in [3.05, 3.63) is 29.8 Å². The first kappa shape index (κ1) is 11.0. The Morgan fingerprint density at radius 2 is 2.31 bits per heavy atom. The summed E-state index contributed by atoms with van der Waals surface area (Å²) in [5, 5.41) is 9.10. The quantitative estimate of drug-likeness (QED) is 0.847. The molecule has 86 valence electrons. The van der Waals surface area contributed by atoms with Gasteiger partial charge in [0.15, 0.2) is 0 Å². The maximum atomic E-state index is 9.10. The van der Waals surface area contributed by atoms with Gasteiger partial charge >= 0.3 is 0 Å². The summed E-state index contributed by atoms with van der Waals surface area (Å²) in [6.07, 6.45) is 3.94. The zero-order chi connectivity index (χ0) is 11.5. The van der Waals surface area contributed by atoms with Crippen molar-refractivity contribution in [2.45, 2.75) is 13.0 Å². The van der Waals surface area contributed by atoms with Gasteiger partial charge in [-0.25, -0.2) is 0 Å². The zero-order valence-corrected chi connectivity index (χ0v) is 9.51. The summed E-state index contributed by atoms with van der Waals surface area (Å²) in [6, 6.07) is 5.74. The molecule has 1 aromatic rings. The molecule has 3 nitrogen and oxygen atoms in total. The number of ether oxygens (including phenoxy) is 2. The van der Waals surface area contributed by atoms with Crippen LogP contribution in [0.25, 0.3) is 6.08 Å². The van der Waals surface area contributed by atoms with Crippen molar-refractivity contribution in [3.63, 3.8) is 0 Å². The van der Waals surface area contributed by atoms with Gasteiger partial charge in [0.25, 0.3) is 0 Å². The molecule has 16 heavy (non-hydrogen) atoms. The third-order valence-electron chi connectivity index (χ3n) is 2.80. The van der Waals surface area contributed by atoms with Crippen molar-refractivity contribution >= 4 is 6.08 Å². The number of hydrogen-bond donors (Lipinski definition) is 1. The Balaban J connectivity index is 2.24. The minimum absolute atomic E-state index is 0.0652. The number of benzene rings is 1. The Kier molecular flexibility index (Phi) is 3.15. The summed E-state index contributed by atoms with van der Waals surface area (Å²) in [6.45, 7) is 2.08. The van der Waals surface area contributed by atoms with Crippen LogP contribution in [0.2, 0.25) is 0 Å². The molecular formula is C13H16O3. The number of fused-ring (bicyclic) bond motifs is 1. The van der Waals surface area contributed by atoms with Crippen LogP contribution in [0, 0.1) is 5.92 Å². The summed E-state index contributed by atoms with van der Waals surface area (Å²) < 4.78 is 10.9. The van der Waals surface area contributed by atoms with E-state index in [9.17, 15) is 0 Å². The van der Waals surface area contributed by atoms with Gasteiger partial charge in [-0.15, -0.1) is 0 Å². The first-order valence-electron chi connectivity index (χ1n) is 5.38. The van der Waals surface area contributed by atoms with Crippen LogP contribution in [0.4, 0.5) is 0 Å². The van der Waals surface area contributed by atoms with E-state index in [-0.39, 0.29) is 18.6 Å². The number of methoxy groups -OCH3 is 1. The predicted octanol–water partition coefficient (Wildman–Crippen LogP) is 2.10. The molecule has 1 N–H and O–H groups in total. The second-order valence-electron chi connectivity index (χ2n) is 4.01. The summed E-state index contributed by atoms with van der Waals surface area (Å²) in [5.74, 6) is 1.69. The molecular weight excluding hydrogens is 204 g/mol. The van der Waals surface area contributed by atoms with Crippen LogP contribution in [-0.2, 0) is 0 Å². The monoisotopic (exact) mass is 220 g/mol. The SMILES string of the molecule is COc1ccc2c(c1)O[C@@H]([C@@H](C)CO)C=C2. The molecule has 3 heteroatoms. The Hall–Kier alpha value is -1.48. The van der Waals surface area contributed by atoms with Gasteiger partial charge in [0.05, 0.1) is 7.11 Å². The van der Waals surface area contributed by atoms with Gasteiger partial charge in [-0.2, -0.15) is 0 Å². The molecule has 0 unspecified atom stereocenters. The molecule has 1 aliphatic rings. The molecule has 2 rings (SSSR count). The second-order valence-corrected chi connectivity index (χ2v) is 4.01. The lowest BCUT2D eigenvalue weighted by atomic mass is 10.0. The lowest BCUT2D eigenvalue weighted by Crippen LogP contribution is -2.27. The summed E-state index contributed by atoms with van der Waals surface area (Å²) in [4.78, 5) is 0. The van der Waals surface area contributed by atoms with Crippen molar-refractivity contribution in [2.75, 3.05) is 13.7 Å². The smallest absolute Gasteiger partial charge is 0.131 e. The molecule has 1 aliphatic heterocycles. The van der Waals surface area contributed by atoms with Crippen LogP contribution in [0.1, 0.15) is 12.5 Å². The fraction of sp³-hybridized carbons (Fsp3) is 0.385. The number of aliphatic hydroxyl groups excluding tert-OH is 1. The third kappa shape index (κ3) is 2.04. The van der Waals surface area contributed by atoms with E-state index in [0.717, 1.165) is 17.1 Å². The molecule has 0 fully saturated rings. The van der Waals surface area contributed by atoms with E-state index in [1.165, 1.54) is 0 Å². The number of aliphatic hydroxyl groups is 1. The molecule has 1 aromatic carbocycles. The fourth-order valence-electron chi connectivity index (χ4n) is 1.68.